The van der Waals surface area contributed by atoms with E-state index in [0.717, 1.165) is 0 Å². The summed E-state index contributed by atoms with van der Waals surface area (Å²) in [5.74, 6) is -0.401. The fourth-order valence-electron chi connectivity index (χ4n) is 0.596. The molecule has 0 aliphatic rings. The predicted molar refractivity (Wildman–Crippen MR) is 37.5 cm³/mol. The standard InChI is InChI=1S/C7H14O3/c1-3-10-7(9)6(2)4-5-8/h6,8H,3-5H2,1-2H3/t6-/m1/s1. The van der Waals surface area contributed by atoms with Gasteiger partial charge in [0.15, 0.2) is 0 Å². The van der Waals surface area contributed by atoms with Crippen molar-refractivity contribution in [3.05, 3.63) is 0 Å². The molecule has 60 valence electrons. The van der Waals surface area contributed by atoms with Crippen LogP contribution in [0.3, 0.4) is 0 Å². The van der Waals surface area contributed by atoms with E-state index in [9.17, 15) is 4.79 Å². The zero-order chi connectivity index (χ0) is 7.98. The molecule has 0 spiro atoms. The maximum absolute atomic E-state index is 10.8. The van der Waals surface area contributed by atoms with Gasteiger partial charge in [-0.15, -0.1) is 0 Å². The summed E-state index contributed by atoms with van der Waals surface area (Å²) >= 11 is 0. The molecule has 0 aromatic heterocycles. The molecule has 0 saturated heterocycles. The molecule has 0 bridgehead atoms. The van der Waals surface area contributed by atoms with Crippen LogP contribution in [-0.4, -0.2) is 24.3 Å². The number of aliphatic hydroxyl groups is 1. The molecular weight excluding hydrogens is 132 g/mol. The van der Waals surface area contributed by atoms with E-state index in [0.29, 0.717) is 13.0 Å². The predicted octanol–water partition coefficient (Wildman–Crippen LogP) is 0.568. The van der Waals surface area contributed by atoms with Crippen LogP contribution in [0.25, 0.3) is 0 Å². The quantitative estimate of drug-likeness (QED) is 0.590. The Morgan fingerprint density at radius 3 is 2.70 bits per heavy atom. The number of carbonyl (C=O) groups is 1. The van der Waals surface area contributed by atoms with Gasteiger partial charge < -0.3 is 9.84 Å². The first-order chi connectivity index (χ1) is 4.72. The van der Waals surface area contributed by atoms with Crippen LogP contribution < -0.4 is 0 Å². The van der Waals surface area contributed by atoms with Crippen LogP contribution in [0.2, 0.25) is 0 Å². The van der Waals surface area contributed by atoms with Crippen molar-refractivity contribution in [2.75, 3.05) is 13.2 Å². The van der Waals surface area contributed by atoms with E-state index in [2.05, 4.69) is 0 Å². The number of aliphatic hydroxyl groups excluding tert-OH is 1. The molecule has 0 aromatic carbocycles. The van der Waals surface area contributed by atoms with E-state index < -0.39 is 0 Å². The smallest absolute Gasteiger partial charge is 0.308 e. The van der Waals surface area contributed by atoms with Crippen molar-refractivity contribution >= 4 is 5.97 Å². The third kappa shape index (κ3) is 3.45. The molecule has 0 unspecified atom stereocenters. The average molecular weight is 146 g/mol. The third-order valence-electron chi connectivity index (χ3n) is 1.25. The molecule has 1 atom stereocenters. The highest BCUT2D eigenvalue weighted by Crippen LogP contribution is 2.02. The maximum Gasteiger partial charge on any atom is 0.308 e. The van der Waals surface area contributed by atoms with Gasteiger partial charge >= 0.3 is 5.97 Å². The second kappa shape index (κ2) is 5.23. The zero-order valence-corrected chi connectivity index (χ0v) is 6.46. The third-order valence-corrected chi connectivity index (χ3v) is 1.25. The fraction of sp³-hybridized carbons (Fsp3) is 0.857. The Hall–Kier alpha value is -0.570. The van der Waals surface area contributed by atoms with Crippen LogP contribution in [0, 0.1) is 5.92 Å². The number of ether oxygens (including phenoxy) is 1. The molecule has 0 amide bonds. The van der Waals surface area contributed by atoms with E-state index in [1.54, 1.807) is 13.8 Å². The monoisotopic (exact) mass is 146 g/mol. The second-order valence-corrected chi connectivity index (χ2v) is 2.17. The Morgan fingerprint density at radius 2 is 2.30 bits per heavy atom. The van der Waals surface area contributed by atoms with Gasteiger partial charge in [0.25, 0.3) is 0 Å². The highest BCUT2D eigenvalue weighted by molar-refractivity contribution is 5.71. The minimum Gasteiger partial charge on any atom is -0.466 e. The van der Waals surface area contributed by atoms with Crippen LogP contribution in [0.4, 0.5) is 0 Å². The molecule has 10 heavy (non-hydrogen) atoms. The number of hydrogen-bond donors (Lipinski definition) is 1. The van der Waals surface area contributed by atoms with Crippen LogP contribution in [0.1, 0.15) is 20.3 Å². The van der Waals surface area contributed by atoms with Crippen molar-refractivity contribution < 1.29 is 14.6 Å². The Labute approximate surface area is 61.0 Å². The van der Waals surface area contributed by atoms with E-state index >= 15 is 0 Å². The highest BCUT2D eigenvalue weighted by Gasteiger charge is 2.11. The molecule has 0 radical (unpaired) electrons. The molecule has 3 nitrogen and oxygen atoms in total. The minimum atomic E-state index is -0.225. The molecule has 0 saturated carbocycles. The number of carbonyl (C=O) groups excluding carboxylic acids is 1. The lowest BCUT2D eigenvalue weighted by molar-refractivity contribution is -0.147. The van der Waals surface area contributed by atoms with Crippen molar-refractivity contribution in [3.63, 3.8) is 0 Å². The number of rotatable bonds is 4. The van der Waals surface area contributed by atoms with Gasteiger partial charge in [0.2, 0.25) is 0 Å². The van der Waals surface area contributed by atoms with Crippen molar-refractivity contribution in [3.8, 4) is 0 Å². The Balaban J connectivity index is 3.49. The first-order valence-electron chi connectivity index (χ1n) is 3.49. The zero-order valence-electron chi connectivity index (χ0n) is 6.46. The lowest BCUT2D eigenvalue weighted by atomic mass is 10.1. The van der Waals surface area contributed by atoms with Crippen LogP contribution >= 0.6 is 0 Å². The summed E-state index contributed by atoms with van der Waals surface area (Å²) in [5.41, 5.74) is 0. The van der Waals surface area contributed by atoms with E-state index in [1.165, 1.54) is 0 Å². The van der Waals surface area contributed by atoms with Crippen LogP contribution in [0.5, 0.6) is 0 Å². The van der Waals surface area contributed by atoms with Gasteiger partial charge in [-0.3, -0.25) is 4.79 Å². The molecule has 0 aliphatic heterocycles. The van der Waals surface area contributed by atoms with Crippen LogP contribution in [-0.2, 0) is 9.53 Å². The lowest BCUT2D eigenvalue weighted by Gasteiger charge is -2.07. The van der Waals surface area contributed by atoms with E-state index in [-0.39, 0.29) is 18.5 Å². The Kier molecular flexibility index (Phi) is 4.94. The first-order valence-corrected chi connectivity index (χ1v) is 3.49. The Morgan fingerprint density at radius 1 is 1.70 bits per heavy atom. The van der Waals surface area contributed by atoms with Crippen molar-refractivity contribution in [1.82, 2.24) is 0 Å². The van der Waals surface area contributed by atoms with Gasteiger partial charge in [0.1, 0.15) is 0 Å². The molecule has 0 aliphatic carbocycles. The van der Waals surface area contributed by atoms with Crippen LogP contribution in [0.15, 0.2) is 0 Å². The molecule has 0 heterocycles. The van der Waals surface area contributed by atoms with Gasteiger partial charge in [0, 0.05) is 6.61 Å². The molecular formula is C7H14O3. The van der Waals surface area contributed by atoms with Gasteiger partial charge in [-0.2, -0.15) is 0 Å². The van der Waals surface area contributed by atoms with Gasteiger partial charge in [-0.25, -0.2) is 0 Å². The summed E-state index contributed by atoms with van der Waals surface area (Å²) in [7, 11) is 0. The number of hydrogen-bond acceptors (Lipinski definition) is 3. The normalized spacial score (nSPS) is 12.7. The molecule has 0 fully saturated rings. The summed E-state index contributed by atoms with van der Waals surface area (Å²) in [6.45, 7) is 3.96. The lowest BCUT2D eigenvalue weighted by Crippen LogP contribution is -2.15. The molecule has 3 heteroatoms. The molecule has 0 rings (SSSR count). The molecule has 0 aromatic rings. The van der Waals surface area contributed by atoms with Crippen molar-refractivity contribution in [2.45, 2.75) is 20.3 Å². The van der Waals surface area contributed by atoms with Crippen molar-refractivity contribution in [2.24, 2.45) is 5.92 Å². The Bertz CT molecular complexity index is 101. The molecule has 1 N–H and O–H groups in total. The minimum absolute atomic E-state index is 0.0416. The SMILES string of the molecule is CCOC(=O)[C@H](C)CCO. The fourth-order valence-corrected chi connectivity index (χ4v) is 0.596. The van der Waals surface area contributed by atoms with Gasteiger partial charge in [-0.1, -0.05) is 6.92 Å². The van der Waals surface area contributed by atoms with Gasteiger partial charge in [0.05, 0.1) is 12.5 Å². The number of esters is 1. The van der Waals surface area contributed by atoms with E-state index in [1.807, 2.05) is 0 Å². The largest absolute Gasteiger partial charge is 0.466 e. The summed E-state index contributed by atoms with van der Waals surface area (Å²) in [6.07, 6.45) is 0.485. The first kappa shape index (κ1) is 9.43. The highest BCUT2D eigenvalue weighted by atomic mass is 16.5. The van der Waals surface area contributed by atoms with Gasteiger partial charge in [-0.05, 0) is 13.3 Å². The second-order valence-electron chi connectivity index (χ2n) is 2.17. The average Bonchev–Trinajstić information content (AvgIpc) is 1.89. The summed E-state index contributed by atoms with van der Waals surface area (Å²) < 4.78 is 4.71. The maximum atomic E-state index is 10.8. The van der Waals surface area contributed by atoms with Crippen molar-refractivity contribution in [1.29, 1.82) is 0 Å². The summed E-state index contributed by atoms with van der Waals surface area (Å²) in [5, 5.41) is 8.45. The summed E-state index contributed by atoms with van der Waals surface area (Å²) in [4.78, 5) is 10.8. The summed E-state index contributed by atoms with van der Waals surface area (Å²) in [6, 6.07) is 0. The van der Waals surface area contributed by atoms with E-state index in [4.69, 9.17) is 9.84 Å². The topological polar surface area (TPSA) is 46.5 Å².